The Morgan fingerprint density at radius 3 is 2.62 bits per heavy atom. The first kappa shape index (κ1) is 12.5. The van der Waals surface area contributed by atoms with Crippen molar-refractivity contribution in [3.05, 3.63) is 23.3 Å². The number of aryl methyl sites for hydroxylation is 2. The minimum absolute atomic E-state index is 0.198. The number of nitrogens with two attached hydrogens (primary N) is 1. The number of phenols is 1. The summed E-state index contributed by atoms with van der Waals surface area (Å²) in [5, 5.41) is 12.2. The average molecular weight is 222 g/mol. The predicted octanol–water partition coefficient (Wildman–Crippen LogP) is 1.68. The Bertz CT molecular complexity index is 402. The topological polar surface area (TPSA) is 75.4 Å². The monoisotopic (exact) mass is 222 g/mol. The van der Waals surface area contributed by atoms with Crippen LogP contribution < -0.4 is 11.1 Å². The van der Waals surface area contributed by atoms with Crippen LogP contribution in [0.15, 0.2) is 12.1 Å². The normalized spacial score (nSPS) is 12.2. The molecule has 0 aliphatic carbocycles. The summed E-state index contributed by atoms with van der Waals surface area (Å²) in [6, 6.07) is 2.88. The van der Waals surface area contributed by atoms with Crippen LogP contribution in [0.3, 0.4) is 0 Å². The molecule has 1 atom stereocenters. The lowest BCUT2D eigenvalue weighted by atomic mass is 10.1. The van der Waals surface area contributed by atoms with Crippen molar-refractivity contribution in [1.82, 2.24) is 0 Å². The van der Waals surface area contributed by atoms with Gasteiger partial charge in [-0.2, -0.15) is 0 Å². The van der Waals surface area contributed by atoms with E-state index in [1.165, 1.54) is 0 Å². The van der Waals surface area contributed by atoms with Crippen molar-refractivity contribution in [2.45, 2.75) is 33.2 Å². The molecular weight excluding hydrogens is 204 g/mol. The third-order valence-corrected chi connectivity index (χ3v) is 2.58. The minimum atomic E-state index is -0.492. The Kier molecular flexibility index (Phi) is 3.90. The molecule has 1 amide bonds. The van der Waals surface area contributed by atoms with Crippen LogP contribution in [0.5, 0.6) is 5.75 Å². The molecule has 0 unspecified atom stereocenters. The second-order valence-electron chi connectivity index (χ2n) is 3.96. The zero-order chi connectivity index (χ0) is 12.3. The molecule has 0 saturated heterocycles. The number of carbonyl (C=O) groups excluding carboxylic acids is 1. The van der Waals surface area contributed by atoms with Gasteiger partial charge in [0.1, 0.15) is 5.75 Å². The van der Waals surface area contributed by atoms with Gasteiger partial charge in [0, 0.05) is 5.69 Å². The van der Waals surface area contributed by atoms with Crippen molar-refractivity contribution < 1.29 is 9.90 Å². The van der Waals surface area contributed by atoms with E-state index >= 15 is 0 Å². The molecule has 0 heterocycles. The van der Waals surface area contributed by atoms with Crippen LogP contribution in [0.2, 0.25) is 0 Å². The summed E-state index contributed by atoms with van der Waals surface area (Å²) in [4.78, 5) is 11.6. The van der Waals surface area contributed by atoms with Gasteiger partial charge in [-0.3, -0.25) is 4.79 Å². The van der Waals surface area contributed by atoms with Crippen molar-refractivity contribution in [2.75, 3.05) is 5.32 Å². The molecule has 4 N–H and O–H groups in total. The quantitative estimate of drug-likeness (QED) is 0.681. The molecule has 0 aromatic heterocycles. The molecule has 0 aliphatic rings. The van der Waals surface area contributed by atoms with Gasteiger partial charge >= 0.3 is 0 Å². The number of hydrogen-bond acceptors (Lipinski definition) is 3. The van der Waals surface area contributed by atoms with Gasteiger partial charge in [0.25, 0.3) is 0 Å². The van der Waals surface area contributed by atoms with E-state index in [1.807, 2.05) is 13.8 Å². The summed E-state index contributed by atoms with van der Waals surface area (Å²) in [6.45, 7) is 5.47. The Hall–Kier alpha value is -1.55. The van der Waals surface area contributed by atoms with E-state index in [4.69, 9.17) is 5.73 Å². The summed E-state index contributed by atoms with van der Waals surface area (Å²) < 4.78 is 0. The van der Waals surface area contributed by atoms with E-state index in [-0.39, 0.29) is 11.7 Å². The third kappa shape index (κ3) is 2.73. The van der Waals surface area contributed by atoms with E-state index in [9.17, 15) is 9.90 Å². The molecule has 0 aliphatic heterocycles. The van der Waals surface area contributed by atoms with Crippen molar-refractivity contribution in [1.29, 1.82) is 0 Å². The van der Waals surface area contributed by atoms with E-state index < -0.39 is 6.04 Å². The number of phenolic OH excluding ortho intramolecular Hbond substituents is 1. The zero-order valence-corrected chi connectivity index (χ0v) is 9.87. The van der Waals surface area contributed by atoms with Gasteiger partial charge in [-0.05, 0) is 43.5 Å². The lowest BCUT2D eigenvalue weighted by Gasteiger charge is -2.13. The second kappa shape index (κ2) is 4.99. The fraction of sp³-hybridized carbons (Fsp3) is 0.417. The van der Waals surface area contributed by atoms with Crippen LogP contribution >= 0.6 is 0 Å². The van der Waals surface area contributed by atoms with Gasteiger partial charge in [0.15, 0.2) is 0 Å². The van der Waals surface area contributed by atoms with Crippen LogP contribution in [-0.4, -0.2) is 17.1 Å². The van der Waals surface area contributed by atoms with Crippen LogP contribution in [0.1, 0.15) is 24.5 Å². The number of benzene rings is 1. The zero-order valence-electron chi connectivity index (χ0n) is 9.87. The highest BCUT2D eigenvalue weighted by Gasteiger charge is 2.12. The standard InChI is InChI=1S/C12H18N2O2/c1-4-9(13)12(16)14-10-5-8(3)11(15)6-7(10)2/h5-6,9,15H,4,13H2,1-3H3,(H,14,16)/t9-/m0/s1. The average Bonchev–Trinajstić information content (AvgIpc) is 2.24. The number of hydrogen-bond donors (Lipinski definition) is 3. The summed E-state index contributed by atoms with van der Waals surface area (Å²) in [6.07, 6.45) is 0.599. The van der Waals surface area contributed by atoms with Crippen molar-refractivity contribution >= 4 is 11.6 Å². The number of rotatable bonds is 3. The maximum Gasteiger partial charge on any atom is 0.241 e. The Morgan fingerprint density at radius 2 is 2.06 bits per heavy atom. The molecule has 0 fully saturated rings. The van der Waals surface area contributed by atoms with Gasteiger partial charge in [-0.15, -0.1) is 0 Å². The Morgan fingerprint density at radius 1 is 1.44 bits per heavy atom. The number of carbonyl (C=O) groups is 1. The first-order valence-electron chi connectivity index (χ1n) is 5.32. The Labute approximate surface area is 95.5 Å². The van der Waals surface area contributed by atoms with Gasteiger partial charge in [0.2, 0.25) is 5.91 Å². The predicted molar refractivity (Wildman–Crippen MR) is 64.5 cm³/mol. The number of anilines is 1. The minimum Gasteiger partial charge on any atom is -0.508 e. The molecule has 0 saturated carbocycles. The van der Waals surface area contributed by atoms with Crippen LogP contribution in [0.4, 0.5) is 5.69 Å². The van der Waals surface area contributed by atoms with Crippen LogP contribution in [0.25, 0.3) is 0 Å². The summed E-state index contributed by atoms with van der Waals surface area (Å²) in [7, 11) is 0. The first-order chi connectivity index (χ1) is 7.45. The molecular formula is C12H18N2O2. The highest BCUT2D eigenvalue weighted by atomic mass is 16.3. The Balaban J connectivity index is 2.90. The maximum atomic E-state index is 11.6. The SMILES string of the molecule is CC[C@H](N)C(=O)Nc1cc(C)c(O)cc1C. The molecule has 0 radical (unpaired) electrons. The van der Waals surface area contributed by atoms with Crippen molar-refractivity contribution in [2.24, 2.45) is 5.73 Å². The molecule has 1 rings (SSSR count). The van der Waals surface area contributed by atoms with Crippen molar-refractivity contribution in [3.8, 4) is 5.75 Å². The molecule has 0 spiro atoms. The summed E-state index contributed by atoms with van der Waals surface area (Å²) in [5.74, 6) is 0.0333. The van der Waals surface area contributed by atoms with Gasteiger partial charge in [-0.1, -0.05) is 6.92 Å². The van der Waals surface area contributed by atoms with Gasteiger partial charge in [-0.25, -0.2) is 0 Å². The number of amides is 1. The number of nitrogens with one attached hydrogen (secondary N) is 1. The fourth-order valence-corrected chi connectivity index (χ4v) is 1.35. The second-order valence-corrected chi connectivity index (χ2v) is 3.96. The molecule has 4 nitrogen and oxygen atoms in total. The molecule has 1 aromatic rings. The summed E-state index contributed by atoms with van der Waals surface area (Å²) >= 11 is 0. The molecule has 1 aromatic carbocycles. The van der Waals surface area contributed by atoms with E-state index in [0.717, 1.165) is 11.1 Å². The van der Waals surface area contributed by atoms with Gasteiger partial charge in [0.05, 0.1) is 6.04 Å². The molecule has 88 valence electrons. The van der Waals surface area contributed by atoms with E-state index in [2.05, 4.69) is 5.32 Å². The fourth-order valence-electron chi connectivity index (χ4n) is 1.35. The van der Waals surface area contributed by atoms with E-state index in [0.29, 0.717) is 12.1 Å². The largest absolute Gasteiger partial charge is 0.508 e. The van der Waals surface area contributed by atoms with Crippen molar-refractivity contribution in [3.63, 3.8) is 0 Å². The van der Waals surface area contributed by atoms with E-state index in [1.54, 1.807) is 19.1 Å². The van der Waals surface area contributed by atoms with Gasteiger partial charge < -0.3 is 16.2 Å². The van der Waals surface area contributed by atoms with Crippen LogP contribution in [-0.2, 0) is 4.79 Å². The third-order valence-electron chi connectivity index (χ3n) is 2.58. The summed E-state index contributed by atoms with van der Waals surface area (Å²) in [5.41, 5.74) is 7.87. The maximum absolute atomic E-state index is 11.6. The lowest BCUT2D eigenvalue weighted by molar-refractivity contribution is -0.117. The number of aromatic hydroxyl groups is 1. The highest BCUT2D eigenvalue weighted by Crippen LogP contribution is 2.24. The van der Waals surface area contributed by atoms with Crippen LogP contribution in [0, 0.1) is 13.8 Å². The molecule has 4 heteroatoms. The molecule has 16 heavy (non-hydrogen) atoms. The lowest BCUT2D eigenvalue weighted by Crippen LogP contribution is -2.35. The smallest absolute Gasteiger partial charge is 0.241 e. The highest BCUT2D eigenvalue weighted by molar-refractivity contribution is 5.95. The molecule has 0 bridgehead atoms. The first-order valence-corrected chi connectivity index (χ1v) is 5.32.